The van der Waals surface area contributed by atoms with E-state index in [0.717, 1.165) is 0 Å². The number of ether oxygens (including phenoxy) is 1. The van der Waals surface area contributed by atoms with E-state index in [1.54, 1.807) is 11.5 Å². The van der Waals surface area contributed by atoms with Gasteiger partial charge in [-0.1, -0.05) is 0 Å². The molecule has 0 fully saturated rings. The maximum atomic E-state index is 11.5. The van der Waals surface area contributed by atoms with E-state index in [2.05, 4.69) is 10.3 Å². The van der Waals surface area contributed by atoms with Gasteiger partial charge < -0.3 is 19.7 Å². The largest absolute Gasteiger partial charge is 0.476 e. The second-order valence-electron chi connectivity index (χ2n) is 3.74. The van der Waals surface area contributed by atoms with Gasteiger partial charge in [0.05, 0.1) is 12.5 Å². The summed E-state index contributed by atoms with van der Waals surface area (Å²) >= 11 is 0. The van der Waals surface area contributed by atoms with Gasteiger partial charge in [-0.25, -0.2) is 9.78 Å². The number of nitrogens with zero attached hydrogens (tertiary/aromatic N) is 2. The number of hydrogen-bond acceptors (Lipinski definition) is 5. The summed E-state index contributed by atoms with van der Waals surface area (Å²) in [6.07, 6.45) is 1.41. The fourth-order valence-electron chi connectivity index (χ4n) is 1.73. The molecule has 7 nitrogen and oxygen atoms in total. The van der Waals surface area contributed by atoms with Crippen LogP contribution in [-0.2, 0) is 16.1 Å². The Morgan fingerprint density at radius 2 is 2.47 bits per heavy atom. The van der Waals surface area contributed by atoms with Crippen molar-refractivity contribution < 1.29 is 19.4 Å². The molecule has 1 aromatic rings. The Kier molecular flexibility index (Phi) is 2.99. The zero-order chi connectivity index (χ0) is 12.4. The van der Waals surface area contributed by atoms with Crippen LogP contribution in [-0.4, -0.2) is 39.7 Å². The van der Waals surface area contributed by atoms with Gasteiger partial charge in [0, 0.05) is 19.3 Å². The van der Waals surface area contributed by atoms with E-state index in [-0.39, 0.29) is 17.6 Å². The van der Waals surface area contributed by atoms with Crippen molar-refractivity contribution in [3.8, 4) is 0 Å². The van der Waals surface area contributed by atoms with Crippen LogP contribution < -0.4 is 5.32 Å². The van der Waals surface area contributed by atoms with Crippen molar-refractivity contribution in [1.82, 2.24) is 9.55 Å². The second kappa shape index (κ2) is 4.44. The van der Waals surface area contributed by atoms with E-state index in [9.17, 15) is 9.59 Å². The molecule has 7 heteroatoms. The minimum atomic E-state index is -1.08. The lowest BCUT2D eigenvalue weighted by Gasteiger charge is -2.23. The maximum absolute atomic E-state index is 11.5. The number of esters is 1. The molecule has 1 aliphatic rings. The molecule has 2 N–H and O–H groups in total. The summed E-state index contributed by atoms with van der Waals surface area (Å²) in [7, 11) is 0. The van der Waals surface area contributed by atoms with E-state index < -0.39 is 5.97 Å². The van der Waals surface area contributed by atoms with Crippen LogP contribution in [0.25, 0.3) is 0 Å². The first-order chi connectivity index (χ1) is 8.11. The zero-order valence-electron chi connectivity index (χ0n) is 9.34. The number of carbonyl (C=O) groups excluding carboxylic acids is 1. The number of anilines is 1. The monoisotopic (exact) mass is 239 g/mol. The Morgan fingerprint density at radius 3 is 3.12 bits per heavy atom. The standard InChI is InChI=1S/C10H13N3O4/c1-2-17-9(16)6-3-11-10-12-7(8(14)15)5-13(10)4-6/h5-6H,2-4H2,1H3,(H,11,12)(H,14,15). The number of carboxylic acid groups (broad SMARTS) is 1. The first kappa shape index (κ1) is 11.4. The summed E-state index contributed by atoms with van der Waals surface area (Å²) in [6, 6.07) is 0. The van der Waals surface area contributed by atoms with E-state index in [4.69, 9.17) is 9.84 Å². The first-order valence-electron chi connectivity index (χ1n) is 5.32. The molecule has 0 amide bonds. The third kappa shape index (κ3) is 2.22. The minimum Gasteiger partial charge on any atom is -0.476 e. The lowest BCUT2D eigenvalue weighted by atomic mass is 10.1. The molecule has 1 aromatic heterocycles. The third-order valence-corrected chi connectivity index (χ3v) is 2.54. The Hall–Kier alpha value is -2.05. The Morgan fingerprint density at radius 1 is 1.71 bits per heavy atom. The molecule has 1 atom stereocenters. The Balaban J connectivity index is 2.13. The molecule has 0 spiro atoms. The van der Waals surface area contributed by atoms with Gasteiger partial charge in [-0.15, -0.1) is 0 Å². The summed E-state index contributed by atoms with van der Waals surface area (Å²) in [5.41, 5.74) is -0.0305. The molecule has 1 aliphatic heterocycles. The minimum absolute atomic E-state index is 0.0305. The maximum Gasteiger partial charge on any atom is 0.356 e. The van der Waals surface area contributed by atoms with Crippen molar-refractivity contribution in [3.63, 3.8) is 0 Å². The number of imidazole rings is 1. The van der Waals surface area contributed by atoms with Crippen molar-refractivity contribution in [2.45, 2.75) is 13.5 Å². The molecule has 2 rings (SSSR count). The first-order valence-corrected chi connectivity index (χ1v) is 5.32. The summed E-state index contributed by atoms with van der Waals surface area (Å²) in [4.78, 5) is 26.2. The van der Waals surface area contributed by atoms with Crippen LogP contribution in [0.4, 0.5) is 5.95 Å². The Bertz CT molecular complexity index is 454. The van der Waals surface area contributed by atoms with Gasteiger partial charge in [-0.3, -0.25) is 4.79 Å². The number of aromatic nitrogens is 2. The van der Waals surface area contributed by atoms with E-state index >= 15 is 0 Å². The predicted molar refractivity (Wildman–Crippen MR) is 57.8 cm³/mol. The quantitative estimate of drug-likeness (QED) is 0.731. The summed E-state index contributed by atoms with van der Waals surface area (Å²) < 4.78 is 6.54. The molecule has 0 saturated heterocycles. The molecule has 2 heterocycles. The van der Waals surface area contributed by atoms with Gasteiger partial charge in [-0.2, -0.15) is 0 Å². The highest BCUT2D eigenvalue weighted by Gasteiger charge is 2.27. The lowest BCUT2D eigenvalue weighted by molar-refractivity contribution is -0.148. The van der Waals surface area contributed by atoms with Gasteiger partial charge in [0.1, 0.15) is 0 Å². The molecule has 1 unspecified atom stereocenters. The highest BCUT2D eigenvalue weighted by Crippen LogP contribution is 2.18. The fraction of sp³-hybridized carbons (Fsp3) is 0.500. The summed E-state index contributed by atoms with van der Waals surface area (Å²) in [5, 5.41) is 11.7. The molecule has 0 aliphatic carbocycles. The van der Waals surface area contributed by atoms with Crippen LogP contribution in [0, 0.1) is 5.92 Å². The van der Waals surface area contributed by atoms with Crippen molar-refractivity contribution in [2.24, 2.45) is 5.92 Å². The molecule has 0 bridgehead atoms. The van der Waals surface area contributed by atoms with Crippen molar-refractivity contribution in [2.75, 3.05) is 18.5 Å². The highest BCUT2D eigenvalue weighted by atomic mass is 16.5. The van der Waals surface area contributed by atoms with Gasteiger partial charge in [0.15, 0.2) is 5.69 Å². The molecule has 0 saturated carbocycles. The van der Waals surface area contributed by atoms with Gasteiger partial charge in [0.2, 0.25) is 5.95 Å². The van der Waals surface area contributed by atoms with Crippen molar-refractivity contribution in [1.29, 1.82) is 0 Å². The normalized spacial score (nSPS) is 18.1. The molecular formula is C10H13N3O4. The smallest absolute Gasteiger partial charge is 0.356 e. The van der Waals surface area contributed by atoms with Gasteiger partial charge in [-0.05, 0) is 6.92 Å². The van der Waals surface area contributed by atoms with Crippen LogP contribution in [0.1, 0.15) is 17.4 Å². The van der Waals surface area contributed by atoms with E-state index in [1.165, 1.54) is 6.20 Å². The second-order valence-corrected chi connectivity index (χ2v) is 3.74. The fourth-order valence-corrected chi connectivity index (χ4v) is 1.73. The summed E-state index contributed by atoms with van der Waals surface area (Å²) in [5.74, 6) is -1.20. The number of rotatable bonds is 3. The number of hydrogen-bond donors (Lipinski definition) is 2. The summed E-state index contributed by atoms with van der Waals surface area (Å²) in [6.45, 7) is 2.89. The number of carboxylic acids is 1. The highest BCUT2D eigenvalue weighted by molar-refractivity contribution is 5.85. The van der Waals surface area contributed by atoms with Gasteiger partial charge in [0.25, 0.3) is 0 Å². The predicted octanol–water partition coefficient (Wildman–Crippen LogP) is 0.186. The van der Waals surface area contributed by atoms with E-state index in [0.29, 0.717) is 25.6 Å². The Labute approximate surface area is 97.4 Å². The van der Waals surface area contributed by atoms with Crippen LogP contribution >= 0.6 is 0 Å². The van der Waals surface area contributed by atoms with Crippen LogP contribution in [0.3, 0.4) is 0 Å². The average Bonchev–Trinajstić information content (AvgIpc) is 2.71. The van der Waals surface area contributed by atoms with Crippen LogP contribution in [0.15, 0.2) is 6.20 Å². The van der Waals surface area contributed by atoms with E-state index in [1.807, 2.05) is 0 Å². The lowest BCUT2D eigenvalue weighted by Crippen LogP contribution is -2.34. The molecule has 92 valence electrons. The van der Waals surface area contributed by atoms with Crippen LogP contribution in [0.5, 0.6) is 0 Å². The molecule has 0 aromatic carbocycles. The van der Waals surface area contributed by atoms with Crippen molar-refractivity contribution >= 4 is 17.9 Å². The number of nitrogens with one attached hydrogen (secondary N) is 1. The van der Waals surface area contributed by atoms with Gasteiger partial charge >= 0.3 is 11.9 Å². The van der Waals surface area contributed by atoms with Crippen molar-refractivity contribution in [3.05, 3.63) is 11.9 Å². The third-order valence-electron chi connectivity index (χ3n) is 2.54. The molecule has 0 radical (unpaired) electrons. The molecule has 17 heavy (non-hydrogen) atoms. The van der Waals surface area contributed by atoms with Crippen LogP contribution in [0.2, 0.25) is 0 Å². The SMILES string of the molecule is CCOC(=O)C1CNc2nc(C(=O)O)cn2C1. The molecular weight excluding hydrogens is 226 g/mol. The number of aromatic carboxylic acids is 1. The average molecular weight is 239 g/mol. The zero-order valence-corrected chi connectivity index (χ0v) is 9.34. The topological polar surface area (TPSA) is 93.4 Å². The number of carbonyl (C=O) groups is 2. The number of fused-ring (bicyclic) bond motifs is 1.